The molecule has 0 N–H and O–H groups in total. The fraction of sp³-hybridized carbons (Fsp3) is 1.00. The van der Waals surface area contributed by atoms with E-state index in [0.717, 1.165) is 5.54 Å². The van der Waals surface area contributed by atoms with E-state index in [2.05, 4.69) is 24.1 Å². The third-order valence-corrected chi connectivity index (χ3v) is 6.39. The van der Waals surface area contributed by atoms with Crippen LogP contribution in [-0.2, 0) is 0 Å². The van der Waals surface area contributed by atoms with Gasteiger partial charge in [0.05, 0.1) is 0 Å². The Bertz CT molecular complexity index is 214. The predicted molar refractivity (Wildman–Crippen MR) is 122 cm³/mol. The van der Waals surface area contributed by atoms with E-state index in [1.807, 2.05) is 0 Å². The normalized spacial score (nSPS) is 11.5. The number of unbranched alkanes of at least 4 members (excludes halogenated alkanes) is 18. The second kappa shape index (κ2) is 23.3. The van der Waals surface area contributed by atoms with Gasteiger partial charge in [-0.1, -0.05) is 161 Å². The molecule has 0 rings (SSSR count). The van der Waals surface area contributed by atoms with E-state index in [9.17, 15) is 0 Å². The Hall–Kier alpha value is 0.217. The van der Waals surface area contributed by atoms with Gasteiger partial charge in [0.25, 0.3) is 0 Å². The molecular formula is C25H51Si. The maximum absolute atomic E-state index is 3.97. The molecule has 155 valence electrons. The van der Waals surface area contributed by atoms with Crippen molar-refractivity contribution in [1.82, 2.24) is 0 Å². The van der Waals surface area contributed by atoms with Gasteiger partial charge in [-0.15, -0.1) is 0 Å². The first kappa shape index (κ1) is 26.2. The standard InChI is InChI=1S/C25H51Si/c1-3-5-7-9-11-13-15-17-19-21-23-25(26)24-22-20-18-16-14-12-10-8-6-4-2/h25H,3-24H2,1-2H3. The lowest BCUT2D eigenvalue weighted by Crippen LogP contribution is -1.93. The van der Waals surface area contributed by atoms with E-state index in [4.69, 9.17) is 0 Å². The zero-order chi connectivity index (χ0) is 19.1. The van der Waals surface area contributed by atoms with Crippen LogP contribution in [0.3, 0.4) is 0 Å². The monoisotopic (exact) mass is 379 g/mol. The highest BCUT2D eigenvalue weighted by molar-refractivity contribution is 6.11. The van der Waals surface area contributed by atoms with E-state index < -0.39 is 0 Å². The van der Waals surface area contributed by atoms with Crippen LogP contribution in [0.2, 0.25) is 5.54 Å². The minimum Gasteiger partial charge on any atom is -0.0654 e. The maximum Gasteiger partial charge on any atom is 0.0266 e. The molecular weight excluding hydrogens is 328 g/mol. The number of hydrogen-bond donors (Lipinski definition) is 0. The van der Waals surface area contributed by atoms with Gasteiger partial charge >= 0.3 is 0 Å². The summed E-state index contributed by atoms with van der Waals surface area (Å²) < 4.78 is 0. The average molecular weight is 380 g/mol. The molecule has 0 saturated heterocycles. The van der Waals surface area contributed by atoms with Crippen molar-refractivity contribution in [2.24, 2.45) is 0 Å². The van der Waals surface area contributed by atoms with Crippen LogP contribution in [-0.4, -0.2) is 10.2 Å². The van der Waals surface area contributed by atoms with Crippen LogP contribution in [0.25, 0.3) is 0 Å². The zero-order valence-electron chi connectivity index (χ0n) is 18.6. The highest BCUT2D eigenvalue weighted by atomic mass is 28.1. The molecule has 0 heterocycles. The summed E-state index contributed by atoms with van der Waals surface area (Å²) in [6.45, 7) is 4.60. The van der Waals surface area contributed by atoms with Crippen LogP contribution < -0.4 is 0 Å². The van der Waals surface area contributed by atoms with E-state index >= 15 is 0 Å². The lowest BCUT2D eigenvalue weighted by Gasteiger charge is -2.11. The summed E-state index contributed by atoms with van der Waals surface area (Å²) in [4.78, 5) is 0. The molecule has 0 aromatic heterocycles. The number of rotatable bonds is 22. The highest BCUT2D eigenvalue weighted by Crippen LogP contribution is 2.21. The molecule has 0 aliphatic heterocycles. The smallest absolute Gasteiger partial charge is 0.0266 e. The van der Waals surface area contributed by atoms with Gasteiger partial charge in [-0.2, -0.15) is 0 Å². The molecule has 3 radical (unpaired) electrons. The van der Waals surface area contributed by atoms with E-state index in [0.29, 0.717) is 0 Å². The topological polar surface area (TPSA) is 0 Å². The first-order valence-electron chi connectivity index (χ1n) is 12.5. The average Bonchev–Trinajstić information content (AvgIpc) is 2.64. The minimum atomic E-state index is 0.776. The zero-order valence-corrected chi connectivity index (χ0v) is 19.6. The van der Waals surface area contributed by atoms with Crippen molar-refractivity contribution in [2.45, 2.75) is 161 Å². The summed E-state index contributed by atoms with van der Waals surface area (Å²) in [5.41, 5.74) is 0.776. The van der Waals surface area contributed by atoms with Gasteiger partial charge in [0, 0.05) is 10.2 Å². The van der Waals surface area contributed by atoms with Crippen molar-refractivity contribution < 1.29 is 0 Å². The Morgan fingerprint density at radius 3 is 0.885 bits per heavy atom. The molecule has 0 bridgehead atoms. The summed E-state index contributed by atoms with van der Waals surface area (Å²) in [7, 11) is 3.97. The Balaban J connectivity index is 3.12. The van der Waals surface area contributed by atoms with Gasteiger partial charge in [0.2, 0.25) is 0 Å². The van der Waals surface area contributed by atoms with Crippen molar-refractivity contribution >= 4 is 10.2 Å². The first-order valence-corrected chi connectivity index (χ1v) is 13.1. The summed E-state index contributed by atoms with van der Waals surface area (Å²) in [6, 6.07) is 0. The largest absolute Gasteiger partial charge is 0.0654 e. The molecule has 0 fully saturated rings. The van der Waals surface area contributed by atoms with Crippen LogP contribution in [0.5, 0.6) is 0 Å². The van der Waals surface area contributed by atoms with E-state index in [1.165, 1.54) is 141 Å². The van der Waals surface area contributed by atoms with Crippen LogP contribution in [0.4, 0.5) is 0 Å². The van der Waals surface area contributed by atoms with Gasteiger partial charge in [0.15, 0.2) is 0 Å². The fourth-order valence-electron chi connectivity index (χ4n) is 3.90. The van der Waals surface area contributed by atoms with Crippen molar-refractivity contribution in [3.05, 3.63) is 0 Å². The molecule has 0 spiro atoms. The van der Waals surface area contributed by atoms with Gasteiger partial charge in [-0.05, 0) is 0 Å². The van der Waals surface area contributed by atoms with Crippen molar-refractivity contribution in [1.29, 1.82) is 0 Å². The van der Waals surface area contributed by atoms with Crippen LogP contribution in [0, 0.1) is 0 Å². The molecule has 0 saturated carbocycles. The summed E-state index contributed by atoms with van der Waals surface area (Å²) in [5, 5.41) is 0. The predicted octanol–water partition coefficient (Wildman–Crippen LogP) is 9.57. The molecule has 1 heteroatoms. The second-order valence-electron chi connectivity index (χ2n) is 8.64. The molecule has 26 heavy (non-hydrogen) atoms. The Labute approximate surface area is 171 Å². The lowest BCUT2D eigenvalue weighted by molar-refractivity contribution is 0.519. The van der Waals surface area contributed by atoms with Crippen LogP contribution in [0.1, 0.15) is 155 Å². The molecule has 0 atom stereocenters. The Kier molecular flexibility index (Phi) is 23.5. The maximum atomic E-state index is 3.97. The molecule has 0 aromatic rings. The third kappa shape index (κ3) is 22.3. The Morgan fingerprint density at radius 1 is 0.385 bits per heavy atom. The molecule has 0 aliphatic rings. The van der Waals surface area contributed by atoms with Crippen molar-refractivity contribution in [2.75, 3.05) is 0 Å². The lowest BCUT2D eigenvalue weighted by atomic mass is 10.0. The fourth-order valence-corrected chi connectivity index (χ4v) is 4.31. The summed E-state index contributed by atoms with van der Waals surface area (Å²) >= 11 is 0. The molecule has 0 unspecified atom stereocenters. The third-order valence-electron chi connectivity index (χ3n) is 5.81. The summed E-state index contributed by atoms with van der Waals surface area (Å²) in [5.74, 6) is 0. The number of hydrogen-bond acceptors (Lipinski definition) is 0. The molecule has 0 nitrogen and oxygen atoms in total. The van der Waals surface area contributed by atoms with Crippen molar-refractivity contribution in [3.8, 4) is 0 Å². The summed E-state index contributed by atoms with van der Waals surface area (Å²) in [6.07, 6.45) is 31.8. The van der Waals surface area contributed by atoms with Crippen LogP contribution >= 0.6 is 0 Å². The van der Waals surface area contributed by atoms with E-state index in [1.54, 1.807) is 0 Å². The van der Waals surface area contributed by atoms with Gasteiger partial charge in [0.1, 0.15) is 0 Å². The van der Waals surface area contributed by atoms with Gasteiger partial charge < -0.3 is 0 Å². The van der Waals surface area contributed by atoms with Gasteiger partial charge in [-0.3, -0.25) is 0 Å². The van der Waals surface area contributed by atoms with Crippen LogP contribution in [0.15, 0.2) is 0 Å². The Morgan fingerprint density at radius 2 is 0.615 bits per heavy atom. The van der Waals surface area contributed by atoms with E-state index in [-0.39, 0.29) is 0 Å². The first-order chi connectivity index (χ1) is 12.8. The minimum absolute atomic E-state index is 0.776. The highest BCUT2D eigenvalue weighted by Gasteiger charge is 2.02. The molecule has 0 aliphatic carbocycles. The van der Waals surface area contributed by atoms with Gasteiger partial charge in [-0.25, -0.2) is 0 Å². The molecule has 0 amide bonds. The van der Waals surface area contributed by atoms with Crippen molar-refractivity contribution in [3.63, 3.8) is 0 Å². The SMILES string of the molecule is CCCCCCCCCCCCC([Si])CCCCCCCCCCCC. The second-order valence-corrected chi connectivity index (χ2v) is 9.45. The molecule has 0 aromatic carbocycles. The quantitative estimate of drug-likeness (QED) is 0.130.